The van der Waals surface area contributed by atoms with Crippen LogP contribution < -0.4 is 10.6 Å². The fraction of sp³-hybridized carbons (Fsp3) is 0.433. The van der Waals surface area contributed by atoms with Gasteiger partial charge in [-0.15, -0.1) is 0 Å². The van der Waals surface area contributed by atoms with Crippen molar-refractivity contribution in [2.24, 2.45) is 0 Å². The largest absolute Gasteiger partial charge is 0.356 e. The van der Waals surface area contributed by atoms with Crippen molar-refractivity contribution >= 4 is 23.8 Å². The van der Waals surface area contributed by atoms with Crippen LogP contribution in [0.5, 0.6) is 0 Å². The van der Waals surface area contributed by atoms with Crippen molar-refractivity contribution in [2.75, 3.05) is 39.3 Å². The van der Waals surface area contributed by atoms with Crippen LogP contribution in [-0.4, -0.2) is 66.8 Å². The lowest BCUT2D eigenvalue weighted by Gasteiger charge is -2.24. The van der Waals surface area contributed by atoms with Crippen molar-refractivity contribution in [3.63, 3.8) is 0 Å². The highest BCUT2D eigenvalue weighted by molar-refractivity contribution is 5.91. The fourth-order valence-electron chi connectivity index (χ4n) is 4.50. The van der Waals surface area contributed by atoms with E-state index in [2.05, 4.69) is 10.6 Å². The number of benzene rings is 2. The summed E-state index contributed by atoms with van der Waals surface area (Å²) in [4.78, 5) is 41.6. The van der Waals surface area contributed by atoms with Crippen LogP contribution in [0.15, 0.2) is 66.7 Å². The van der Waals surface area contributed by atoms with E-state index < -0.39 is 0 Å². The van der Waals surface area contributed by atoms with E-state index in [1.54, 1.807) is 13.0 Å². The van der Waals surface area contributed by atoms with Gasteiger partial charge >= 0.3 is 0 Å². The normalized spacial score (nSPS) is 19.3. The molecule has 3 amide bonds. The van der Waals surface area contributed by atoms with Crippen LogP contribution in [0.3, 0.4) is 0 Å². The Morgan fingerprint density at radius 1 is 0.811 bits per heavy atom. The summed E-state index contributed by atoms with van der Waals surface area (Å²) in [6.45, 7) is 5.37. The van der Waals surface area contributed by atoms with Gasteiger partial charge in [-0.25, -0.2) is 0 Å². The molecule has 0 saturated carbocycles. The van der Waals surface area contributed by atoms with Gasteiger partial charge in [0.2, 0.25) is 17.7 Å². The Morgan fingerprint density at radius 2 is 1.41 bits per heavy atom. The molecule has 1 fully saturated rings. The second-order valence-electron chi connectivity index (χ2n) is 9.46. The van der Waals surface area contributed by atoms with Crippen LogP contribution in [0.25, 0.3) is 6.08 Å². The van der Waals surface area contributed by atoms with E-state index in [0.29, 0.717) is 52.1 Å². The molecule has 1 atom stereocenters. The first kappa shape index (κ1) is 28.1. The minimum atomic E-state index is -0.0936. The molecule has 1 saturated heterocycles. The molecule has 198 valence electrons. The summed E-state index contributed by atoms with van der Waals surface area (Å²) in [6.07, 6.45) is 6.93. The lowest BCUT2D eigenvalue weighted by atomic mass is 10.0. The molecule has 7 heteroatoms. The smallest absolute Gasteiger partial charge is 0.246 e. The molecule has 2 aromatic rings. The average molecular weight is 505 g/mol. The monoisotopic (exact) mass is 504 g/mol. The molecule has 37 heavy (non-hydrogen) atoms. The Kier molecular flexibility index (Phi) is 11.9. The first-order valence-electron chi connectivity index (χ1n) is 13.4. The van der Waals surface area contributed by atoms with Gasteiger partial charge in [0.1, 0.15) is 0 Å². The maximum Gasteiger partial charge on any atom is 0.246 e. The lowest BCUT2D eigenvalue weighted by molar-refractivity contribution is -0.129. The quantitative estimate of drug-likeness (QED) is 0.624. The molecule has 1 aliphatic heterocycles. The van der Waals surface area contributed by atoms with Crippen molar-refractivity contribution in [3.05, 3.63) is 77.9 Å². The standard InChI is InChI=1S/C30H40N4O3/c1-25(35)33-20-8-9-21-34(30(37)17-16-26-12-4-2-5-13-26)23-11-19-32-29(36)24-28(31-18-10-22-33)27-14-6-3-7-15-27/h2-7,12-17,28,31H,8-11,18-24H2,1H3,(H,32,36)/b17-16-/t28-/m0/s1. The van der Waals surface area contributed by atoms with Crippen LogP contribution in [-0.2, 0) is 14.4 Å². The number of carbonyl (C=O) groups is 3. The maximum atomic E-state index is 13.0. The topological polar surface area (TPSA) is 81.8 Å². The van der Waals surface area contributed by atoms with E-state index in [0.717, 1.165) is 30.4 Å². The number of carbonyl (C=O) groups excluding carboxylic acids is 3. The summed E-state index contributed by atoms with van der Waals surface area (Å²) >= 11 is 0. The third-order valence-corrected chi connectivity index (χ3v) is 6.59. The minimum absolute atomic E-state index is 0.0159. The molecule has 1 aliphatic rings. The van der Waals surface area contributed by atoms with Gasteiger partial charge in [-0.05, 0) is 49.4 Å². The average Bonchev–Trinajstić information content (AvgIpc) is 2.91. The third-order valence-electron chi connectivity index (χ3n) is 6.59. The number of nitrogens with one attached hydrogen (secondary N) is 2. The number of nitrogens with zero attached hydrogens (tertiary/aromatic N) is 2. The van der Waals surface area contributed by atoms with Gasteiger partial charge in [0.25, 0.3) is 0 Å². The zero-order valence-corrected chi connectivity index (χ0v) is 21.9. The molecule has 0 spiro atoms. The van der Waals surface area contributed by atoms with Crippen LogP contribution >= 0.6 is 0 Å². The molecule has 7 nitrogen and oxygen atoms in total. The fourth-order valence-corrected chi connectivity index (χ4v) is 4.50. The van der Waals surface area contributed by atoms with E-state index >= 15 is 0 Å². The van der Waals surface area contributed by atoms with E-state index in [9.17, 15) is 14.4 Å². The SMILES string of the molecule is CC(=O)N1CCCCN(C(=O)/C=C\c2ccccc2)CCCNC(=O)C[C@@H](c2ccccc2)NCCC1. The Morgan fingerprint density at radius 3 is 2.11 bits per heavy atom. The Balaban J connectivity index is 1.66. The van der Waals surface area contributed by atoms with Crippen molar-refractivity contribution in [3.8, 4) is 0 Å². The summed E-state index contributed by atoms with van der Waals surface area (Å²) < 4.78 is 0. The highest BCUT2D eigenvalue weighted by atomic mass is 16.2. The second-order valence-corrected chi connectivity index (χ2v) is 9.46. The van der Waals surface area contributed by atoms with E-state index in [1.807, 2.05) is 76.5 Å². The van der Waals surface area contributed by atoms with Crippen molar-refractivity contribution in [2.45, 2.75) is 45.1 Å². The molecule has 0 aliphatic carbocycles. The Hall–Kier alpha value is -3.45. The lowest BCUT2D eigenvalue weighted by Crippen LogP contribution is -2.35. The number of rotatable bonds is 3. The molecular formula is C30H40N4O3. The molecule has 1 heterocycles. The van der Waals surface area contributed by atoms with Crippen molar-refractivity contribution in [1.29, 1.82) is 0 Å². The molecule has 3 rings (SSSR count). The van der Waals surface area contributed by atoms with Crippen molar-refractivity contribution < 1.29 is 14.4 Å². The molecule has 2 aromatic carbocycles. The minimum Gasteiger partial charge on any atom is -0.356 e. The molecule has 0 unspecified atom stereocenters. The van der Waals surface area contributed by atoms with Crippen molar-refractivity contribution in [1.82, 2.24) is 20.4 Å². The zero-order chi connectivity index (χ0) is 26.3. The maximum absolute atomic E-state index is 13.0. The molecule has 0 bridgehead atoms. The summed E-state index contributed by atoms with van der Waals surface area (Å²) in [5.74, 6) is 0.0124. The predicted octanol–water partition coefficient (Wildman–Crippen LogP) is 3.79. The molecular weight excluding hydrogens is 464 g/mol. The zero-order valence-electron chi connectivity index (χ0n) is 21.9. The van der Waals surface area contributed by atoms with Gasteiger partial charge in [-0.2, -0.15) is 0 Å². The van der Waals surface area contributed by atoms with Gasteiger partial charge in [0, 0.05) is 58.2 Å². The van der Waals surface area contributed by atoms with Crippen LogP contribution in [0.4, 0.5) is 0 Å². The van der Waals surface area contributed by atoms with Gasteiger partial charge < -0.3 is 20.4 Å². The van der Waals surface area contributed by atoms with E-state index in [4.69, 9.17) is 0 Å². The number of hydrogen-bond acceptors (Lipinski definition) is 4. The highest BCUT2D eigenvalue weighted by Gasteiger charge is 2.17. The predicted molar refractivity (Wildman–Crippen MR) is 148 cm³/mol. The Labute approximate surface area is 220 Å². The summed E-state index contributed by atoms with van der Waals surface area (Å²) in [7, 11) is 0. The third kappa shape index (κ3) is 10.2. The number of amides is 3. The molecule has 0 radical (unpaired) electrons. The first-order chi connectivity index (χ1) is 18.0. The van der Waals surface area contributed by atoms with Gasteiger partial charge in [0.15, 0.2) is 0 Å². The number of hydrogen-bond donors (Lipinski definition) is 2. The van der Waals surface area contributed by atoms with Gasteiger partial charge in [0.05, 0.1) is 0 Å². The highest BCUT2D eigenvalue weighted by Crippen LogP contribution is 2.16. The van der Waals surface area contributed by atoms with Crippen LogP contribution in [0, 0.1) is 0 Å². The van der Waals surface area contributed by atoms with Gasteiger partial charge in [-0.3, -0.25) is 14.4 Å². The summed E-state index contributed by atoms with van der Waals surface area (Å²) in [5.41, 5.74) is 2.05. The molecule has 0 aromatic heterocycles. The van der Waals surface area contributed by atoms with E-state index in [-0.39, 0.29) is 23.8 Å². The molecule has 2 N–H and O–H groups in total. The summed E-state index contributed by atoms with van der Waals surface area (Å²) in [6, 6.07) is 19.7. The first-order valence-corrected chi connectivity index (χ1v) is 13.4. The second kappa shape index (κ2) is 15.6. The van der Waals surface area contributed by atoms with Gasteiger partial charge in [-0.1, -0.05) is 60.7 Å². The van der Waals surface area contributed by atoms with E-state index in [1.165, 1.54) is 0 Å². The van der Waals surface area contributed by atoms with Crippen LogP contribution in [0.1, 0.15) is 56.2 Å². The summed E-state index contributed by atoms with van der Waals surface area (Å²) in [5, 5.41) is 6.54. The Bertz CT molecular complexity index is 1010. The van der Waals surface area contributed by atoms with Crippen LogP contribution in [0.2, 0.25) is 0 Å².